The van der Waals surface area contributed by atoms with Gasteiger partial charge in [-0.2, -0.15) is 0 Å². The van der Waals surface area contributed by atoms with E-state index in [1.807, 2.05) is 0 Å². The molecule has 0 amide bonds. The molecule has 0 aliphatic carbocycles. The van der Waals surface area contributed by atoms with E-state index >= 15 is 0 Å². The lowest BCUT2D eigenvalue weighted by molar-refractivity contribution is 0.120. The molecule has 2 saturated heterocycles. The summed E-state index contributed by atoms with van der Waals surface area (Å²) in [6.07, 6.45) is 0. The molecule has 0 aromatic heterocycles. The summed E-state index contributed by atoms with van der Waals surface area (Å²) in [5.74, 6) is 0. The molecule has 5 heteroatoms. The number of benzene rings is 1. The molecule has 2 aliphatic heterocycles. The molecule has 0 radical (unpaired) electrons. The first-order valence-corrected chi connectivity index (χ1v) is 7.28. The standard InChI is InChI=1S/C14H20N2O2S/c19-13-3-1-2-12(15-4-8-17-9-5-15)14(13)16-6-10-18-11-7-16/h1-3,19H,4-11H2. The predicted octanol–water partition coefficient (Wildman–Crippen LogP) is 1.65. The second-order valence-electron chi connectivity index (χ2n) is 4.84. The maximum atomic E-state index is 5.45. The lowest BCUT2D eigenvalue weighted by Gasteiger charge is -2.36. The molecular weight excluding hydrogens is 260 g/mol. The van der Waals surface area contributed by atoms with E-state index in [2.05, 4.69) is 40.6 Å². The van der Waals surface area contributed by atoms with Crippen molar-refractivity contribution in [3.8, 4) is 0 Å². The molecular formula is C14H20N2O2S. The van der Waals surface area contributed by atoms with Crippen molar-refractivity contribution in [1.29, 1.82) is 0 Å². The summed E-state index contributed by atoms with van der Waals surface area (Å²) in [5, 5.41) is 0. The Hall–Kier alpha value is -0.910. The van der Waals surface area contributed by atoms with Crippen LogP contribution in [0.1, 0.15) is 0 Å². The van der Waals surface area contributed by atoms with E-state index in [4.69, 9.17) is 9.47 Å². The van der Waals surface area contributed by atoms with Crippen LogP contribution in [0.25, 0.3) is 0 Å². The van der Waals surface area contributed by atoms with Crippen LogP contribution in [0.3, 0.4) is 0 Å². The SMILES string of the molecule is Sc1cccc(N2CCOCC2)c1N1CCOCC1. The number of hydrogen-bond acceptors (Lipinski definition) is 5. The zero-order valence-corrected chi connectivity index (χ0v) is 11.9. The molecule has 1 aromatic carbocycles. The van der Waals surface area contributed by atoms with Crippen molar-refractivity contribution in [2.24, 2.45) is 0 Å². The molecule has 19 heavy (non-hydrogen) atoms. The van der Waals surface area contributed by atoms with Gasteiger partial charge in [0.25, 0.3) is 0 Å². The first-order valence-electron chi connectivity index (χ1n) is 6.83. The summed E-state index contributed by atoms with van der Waals surface area (Å²) in [6, 6.07) is 6.34. The summed E-state index contributed by atoms with van der Waals surface area (Å²) in [7, 11) is 0. The van der Waals surface area contributed by atoms with Gasteiger partial charge in [-0.3, -0.25) is 0 Å². The molecule has 3 rings (SSSR count). The molecule has 0 N–H and O–H groups in total. The normalized spacial score (nSPS) is 20.7. The van der Waals surface area contributed by atoms with Crippen LogP contribution < -0.4 is 9.80 Å². The molecule has 4 nitrogen and oxygen atoms in total. The Balaban J connectivity index is 1.91. The van der Waals surface area contributed by atoms with E-state index in [9.17, 15) is 0 Å². The Morgan fingerprint density at radius 2 is 1.42 bits per heavy atom. The molecule has 0 atom stereocenters. The zero-order valence-electron chi connectivity index (χ0n) is 11.0. The number of ether oxygens (including phenoxy) is 2. The van der Waals surface area contributed by atoms with Gasteiger partial charge in [0.15, 0.2) is 0 Å². The van der Waals surface area contributed by atoms with Crippen LogP contribution in [0.2, 0.25) is 0 Å². The van der Waals surface area contributed by atoms with Gasteiger partial charge in [0.2, 0.25) is 0 Å². The van der Waals surface area contributed by atoms with Gasteiger partial charge >= 0.3 is 0 Å². The fourth-order valence-electron chi connectivity index (χ4n) is 2.69. The summed E-state index contributed by atoms with van der Waals surface area (Å²) in [5.41, 5.74) is 2.52. The van der Waals surface area contributed by atoms with Crippen molar-refractivity contribution >= 4 is 24.0 Å². The number of thiol groups is 1. The molecule has 1 aromatic rings. The van der Waals surface area contributed by atoms with Crippen molar-refractivity contribution in [2.75, 3.05) is 62.4 Å². The van der Waals surface area contributed by atoms with Gasteiger partial charge in [-0.25, -0.2) is 0 Å². The number of morpholine rings is 2. The summed E-state index contributed by atoms with van der Waals surface area (Å²) >= 11 is 4.66. The zero-order chi connectivity index (χ0) is 13.1. The number of para-hydroxylation sites is 1. The number of rotatable bonds is 2. The molecule has 2 aliphatic rings. The highest BCUT2D eigenvalue weighted by Gasteiger charge is 2.21. The first kappa shape index (κ1) is 13.1. The maximum Gasteiger partial charge on any atom is 0.0741 e. The molecule has 0 spiro atoms. The van der Waals surface area contributed by atoms with Gasteiger partial charge in [0.05, 0.1) is 37.8 Å². The smallest absolute Gasteiger partial charge is 0.0741 e. The van der Waals surface area contributed by atoms with Crippen molar-refractivity contribution in [2.45, 2.75) is 4.90 Å². The van der Waals surface area contributed by atoms with Crippen molar-refractivity contribution in [3.63, 3.8) is 0 Å². The van der Waals surface area contributed by atoms with Gasteiger partial charge in [-0.05, 0) is 12.1 Å². The number of anilines is 2. The summed E-state index contributed by atoms with van der Waals surface area (Å²) in [6.45, 7) is 6.99. The Labute approximate surface area is 119 Å². The van der Waals surface area contributed by atoms with Crippen LogP contribution in [-0.2, 0) is 9.47 Å². The van der Waals surface area contributed by atoms with E-state index in [0.29, 0.717) is 0 Å². The van der Waals surface area contributed by atoms with E-state index in [0.717, 1.165) is 57.5 Å². The molecule has 2 fully saturated rings. The second kappa shape index (κ2) is 6.03. The van der Waals surface area contributed by atoms with Crippen LogP contribution in [0, 0.1) is 0 Å². The average Bonchev–Trinajstić information content (AvgIpc) is 2.49. The first-order chi connectivity index (χ1) is 9.36. The number of hydrogen-bond donors (Lipinski definition) is 1. The summed E-state index contributed by atoms with van der Waals surface area (Å²) < 4.78 is 10.9. The Kier molecular flexibility index (Phi) is 4.15. The lowest BCUT2D eigenvalue weighted by Crippen LogP contribution is -2.40. The fourth-order valence-corrected chi connectivity index (χ4v) is 3.03. The third-order valence-electron chi connectivity index (χ3n) is 3.67. The van der Waals surface area contributed by atoms with Gasteiger partial charge in [-0.15, -0.1) is 12.6 Å². The molecule has 104 valence electrons. The fraction of sp³-hybridized carbons (Fsp3) is 0.571. The van der Waals surface area contributed by atoms with Crippen LogP contribution in [-0.4, -0.2) is 52.6 Å². The summed E-state index contributed by atoms with van der Waals surface area (Å²) in [4.78, 5) is 5.83. The largest absolute Gasteiger partial charge is 0.378 e. The number of nitrogens with zero attached hydrogens (tertiary/aromatic N) is 2. The molecule has 0 unspecified atom stereocenters. The van der Waals surface area contributed by atoms with Crippen LogP contribution in [0.4, 0.5) is 11.4 Å². The monoisotopic (exact) mass is 280 g/mol. The minimum Gasteiger partial charge on any atom is -0.378 e. The molecule has 2 heterocycles. The van der Waals surface area contributed by atoms with Crippen LogP contribution in [0.5, 0.6) is 0 Å². The van der Waals surface area contributed by atoms with Crippen LogP contribution in [0.15, 0.2) is 23.1 Å². The van der Waals surface area contributed by atoms with Gasteiger partial charge in [-0.1, -0.05) is 6.07 Å². The Bertz CT molecular complexity index is 429. The molecule has 0 saturated carbocycles. The lowest BCUT2D eigenvalue weighted by atomic mass is 10.2. The highest BCUT2D eigenvalue weighted by molar-refractivity contribution is 7.80. The minimum atomic E-state index is 0.796. The van der Waals surface area contributed by atoms with Crippen molar-refractivity contribution in [1.82, 2.24) is 0 Å². The van der Waals surface area contributed by atoms with E-state index < -0.39 is 0 Å². The maximum absolute atomic E-state index is 5.45. The average molecular weight is 280 g/mol. The van der Waals surface area contributed by atoms with Crippen molar-refractivity contribution < 1.29 is 9.47 Å². The predicted molar refractivity (Wildman–Crippen MR) is 79.8 cm³/mol. The van der Waals surface area contributed by atoms with Crippen molar-refractivity contribution in [3.05, 3.63) is 18.2 Å². The van der Waals surface area contributed by atoms with E-state index in [-0.39, 0.29) is 0 Å². The van der Waals surface area contributed by atoms with Crippen LogP contribution >= 0.6 is 12.6 Å². The van der Waals surface area contributed by atoms with E-state index in [1.54, 1.807) is 0 Å². The third-order valence-corrected chi connectivity index (χ3v) is 4.03. The highest BCUT2D eigenvalue weighted by Crippen LogP contribution is 2.36. The van der Waals surface area contributed by atoms with Gasteiger partial charge in [0.1, 0.15) is 0 Å². The van der Waals surface area contributed by atoms with E-state index in [1.165, 1.54) is 11.4 Å². The van der Waals surface area contributed by atoms with Gasteiger partial charge < -0.3 is 19.3 Å². The minimum absolute atomic E-state index is 0.796. The molecule has 0 bridgehead atoms. The second-order valence-corrected chi connectivity index (χ2v) is 5.33. The Morgan fingerprint density at radius 3 is 2.05 bits per heavy atom. The quantitative estimate of drug-likeness (QED) is 0.833. The Morgan fingerprint density at radius 1 is 0.842 bits per heavy atom. The third kappa shape index (κ3) is 2.83. The van der Waals surface area contributed by atoms with Gasteiger partial charge in [0, 0.05) is 31.1 Å². The highest BCUT2D eigenvalue weighted by atomic mass is 32.1. The topological polar surface area (TPSA) is 24.9 Å².